The first kappa shape index (κ1) is 20.4. The van der Waals surface area contributed by atoms with Gasteiger partial charge in [-0.3, -0.25) is 9.59 Å². The van der Waals surface area contributed by atoms with Gasteiger partial charge in [0.25, 0.3) is 5.91 Å². The van der Waals surface area contributed by atoms with Crippen molar-refractivity contribution >= 4 is 23.2 Å². The van der Waals surface area contributed by atoms with E-state index in [1.54, 1.807) is 35.2 Å². The molecule has 0 saturated heterocycles. The molecule has 1 aliphatic heterocycles. The summed E-state index contributed by atoms with van der Waals surface area (Å²) in [5.41, 5.74) is 1.40. The second-order valence-corrected chi connectivity index (χ2v) is 7.96. The molecule has 7 nitrogen and oxygen atoms in total. The first-order valence-electron chi connectivity index (χ1n) is 9.92. The second-order valence-electron chi connectivity index (χ2n) is 7.96. The largest absolute Gasteiger partial charge is 0.490 e. The van der Waals surface area contributed by atoms with Gasteiger partial charge in [-0.2, -0.15) is 0 Å². The lowest BCUT2D eigenvalue weighted by atomic mass is 9.93. The fourth-order valence-electron chi connectivity index (χ4n) is 3.35. The normalized spacial score (nSPS) is 14.9. The highest BCUT2D eigenvalue weighted by Crippen LogP contribution is 2.38. The molecule has 7 heteroatoms. The Hall–Kier alpha value is -3.87. The summed E-state index contributed by atoms with van der Waals surface area (Å²) >= 11 is 0. The molecule has 0 saturated carbocycles. The van der Waals surface area contributed by atoms with E-state index in [9.17, 15) is 9.59 Å². The summed E-state index contributed by atoms with van der Waals surface area (Å²) < 4.78 is 11.2. The zero-order valence-electron chi connectivity index (χ0n) is 17.4. The molecule has 1 aliphatic rings. The number of hydrogen-bond acceptors (Lipinski definition) is 5. The zero-order valence-corrected chi connectivity index (χ0v) is 17.4. The third-order valence-electron chi connectivity index (χ3n) is 5.03. The molecule has 2 heterocycles. The molecule has 0 radical (unpaired) electrons. The molecule has 0 bridgehead atoms. The van der Waals surface area contributed by atoms with Crippen molar-refractivity contribution in [3.63, 3.8) is 0 Å². The van der Waals surface area contributed by atoms with Crippen molar-refractivity contribution in [3.8, 4) is 17.1 Å². The van der Waals surface area contributed by atoms with Crippen LogP contribution in [0.25, 0.3) is 11.3 Å². The molecule has 158 valence electrons. The molecule has 0 atom stereocenters. The number of nitrogens with zero attached hydrogens (tertiary/aromatic N) is 2. The number of carbonyl (C=O) groups is 2. The summed E-state index contributed by atoms with van der Waals surface area (Å²) in [6.45, 7) is 8.04. The predicted molar refractivity (Wildman–Crippen MR) is 118 cm³/mol. The van der Waals surface area contributed by atoms with Crippen molar-refractivity contribution in [3.05, 3.63) is 72.9 Å². The van der Waals surface area contributed by atoms with Crippen molar-refractivity contribution in [1.29, 1.82) is 0 Å². The number of ether oxygens (including phenoxy) is 1. The zero-order chi connectivity index (χ0) is 22.0. The Labute approximate surface area is 180 Å². The highest BCUT2D eigenvalue weighted by Gasteiger charge is 2.37. The van der Waals surface area contributed by atoms with Gasteiger partial charge in [0, 0.05) is 23.9 Å². The van der Waals surface area contributed by atoms with Gasteiger partial charge in [-0.25, -0.2) is 0 Å². The minimum absolute atomic E-state index is 0.0707. The Kier molecular flexibility index (Phi) is 5.33. The number of benzene rings is 2. The van der Waals surface area contributed by atoms with Crippen molar-refractivity contribution in [2.24, 2.45) is 5.41 Å². The van der Waals surface area contributed by atoms with Crippen LogP contribution in [0.1, 0.15) is 24.3 Å². The van der Waals surface area contributed by atoms with Gasteiger partial charge in [0.15, 0.2) is 11.5 Å². The Bertz CT molecular complexity index is 1130. The van der Waals surface area contributed by atoms with Crippen molar-refractivity contribution in [1.82, 2.24) is 5.16 Å². The predicted octanol–water partition coefficient (Wildman–Crippen LogP) is 4.53. The third kappa shape index (κ3) is 4.07. The summed E-state index contributed by atoms with van der Waals surface area (Å²) in [6.07, 6.45) is 1.66. The lowest BCUT2D eigenvalue weighted by Crippen LogP contribution is -2.42. The fourth-order valence-corrected chi connectivity index (χ4v) is 3.35. The fraction of sp³-hybridized carbons (Fsp3) is 0.208. The van der Waals surface area contributed by atoms with Gasteiger partial charge in [-0.1, -0.05) is 41.6 Å². The van der Waals surface area contributed by atoms with Crippen LogP contribution in [0.2, 0.25) is 0 Å². The lowest BCUT2D eigenvalue weighted by Gasteiger charge is -2.27. The molecule has 2 amide bonds. The smallest absolute Gasteiger partial charge is 0.277 e. The van der Waals surface area contributed by atoms with Gasteiger partial charge in [-0.05, 0) is 32.0 Å². The number of amides is 2. The summed E-state index contributed by atoms with van der Waals surface area (Å²) in [5, 5.41) is 6.69. The van der Waals surface area contributed by atoms with Crippen LogP contribution in [-0.2, 0) is 4.79 Å². The van der Waals surface area contributed by atoms with Crippen molar-refractivity contribution < 1.29 is 18.8 Å². The monoisotopic (exact) mass is 417 g/mol. The molecule has 0 aliphatic carbocycles. The Balaban J connectivity index is 1.59. The van der Waals surface area contributed by atoms with Crippen molar-refractivity contribution in [2.75, 3.05) is 23.4 Å². The number of fused-ring (bicyclic) bond motifs is 1. The van der Waals surface area contributed by atoms with Crippen LogP contribution in [0, 0.1) is 5.41 Å². The van der Waals surface area contributed by atoms with Gasteiger partial charge in [0.05, 0.1) is 11.1 Å². The third-order valence-corrected chi connectivity index (χ3v) is 5.03. The van der Waals surface area contributed by atoms with E-state index < -0.39 is 11.3 Å². The Morgan fingerprint density at radius 3 is 2.74 bits per heavy atom. The van der Waals surface area contributed by atoms with E-state index in [1.165, 1.54) is 0 Å². The lowest BCUT2D eigenvalue weighted by molar-refractivity contribution is -0.127. The average molecular weight is 417 g/mol. The van der Waals surface area contributed by atoms with Crippen LogP contribution in [0.3, 0.4) is 0 Å². The van der Waals surface area contributed by atoms with Gasteiger partial charge in [0.1, 0.15) is 12.4 Å². The van der Waals surface area contributed by atoms with Crippen LogP contribution in [0.4, 0.5) is 11.4 Å². The van der Waals surface area contributed by atoms with E-state index in [-0.39, 0.29) is 18.2 Å². The van der Waals surface area contributed by atoms with Crippen LogP contribution in [-0.4, -0.2) is 30.1 Å². The van der Waals surface area contributed by atoms with Gasteiger partial charge in [0.2, 0.25) is 5.91 Å². The Morgan fingerprint density at radius 1 is 1.23 bits per heavy atom. The molecule has 2 aromatic carbocycles. The molecule has 31 heavy (non-hydrogen) atoms. The quantitative estimate of drug-likeness (QED) is 0.617. The SMILES string of the molecule is C=CCN1C(=O)C(C)(C)COc2ccc(NC(=O)c3cc(-c4ccccc4)on3)cc21. The van der Waals surface area contributed by atoms with Crippen LogP contribution >= 0.6 is 0 Å². The molecule has 4 rings (SSSR count). The molecule has 1 N–H and O–H groups in total. The van der Waals surface area contributed by atoms with Crippen molar-refractivity contribution in [2.45, 2.75) is 13.8 Å². The molecule has 1 aromatic heterocycles. The van der Waals surface area contributed by atoms with E-state index in [0.717, 1.165) is 5.56 Å². The molecule has 3 aromatic rings. The number of aromatic nitrogens is 1. The topological polar surface area (TPSA) is 84.7 Å². The molecule has 0 fully saturated rings. The summed E-state index contributed by atoms with van der Waals surface area (Å²) in [6, 6.07) is 16.2. The maximum Gasteiger partial charge on any atom is 0.277 e. The standard InChI is InChI=1S/C24H23N3O4/c1-4-12-27-19-13-17(10-11-20(19)30-15-24(2,3)23(27)29)25-22(28)18-14-21(31-26-18)16-8-6-5-7-9-16/h4-11,13-14H,1,12,15H2,2-3H3,(H,25,28). The number of hydrogen-bond donors (Lipinski definition) is 1. The number of anilines is 2. The number of nitrogens with one attached hydrogen (secondary N) is 1. The van der Waals surface area contributed by atoms with E-state index in [1.807, 2.05) is 44.2 Å². The first-order chi connectivity index (χ1) is 14.9. The minimum atomic E-state index is -0.681. The van der Waals surface area contributed by atoms with E-state index in [0.29, 0.717) is 29.4 Å². The average Bonchev–Trinajstić information content (AvgIpc) is 3.24. The molecular formula is C24H23N3O4. The van der Waals surface area contributed by atoms with E-state index >= 15 is 0 Å². The van der Waals surface area contributed by atoms with Crippen LogP contribution < -0.4 is 15.0 Å². The maximum absolute atomic E-state index is 13.0. The summed E-state index contributed by atoms with van der Waals surface area (Å²) in [5.74, 6) is 0.596. The molecular weight excluding hydrogens is 394 g/mol. The minimum Gasteiger partial charge on any atom is -0.490 e. The second kappa shape index (κ2) is 8.10. The highest BCUT2D eigenvalue weighted by atomic mass is 16.5. The first-order valence-corrected chi connectivity index (χ1v) is 9.92. The maximum atomic E-state index is 13.0. The van der Waals surface area contributed by atoms with Crippen LogP contribution in [0.5, 0.6) is 5.75 Å². The molecule has 0 unspecified atom stereocenters. The van der Waals surface area contributed by atoms with Crippen LogP contribution in [0.15, 0.2) is 71.8 Å². The van der Waals surface area contributed by atoms with Gasteiger partial charge < -0.3 is 19.5 Å². The van der Waals surface area contributed by atoms with E-state index in [2.05, 4.69) is 17.1 Å². The van der Waals surface area contributed by atoms with E-state index in [4.69, 9.17) is 9.26 Å². The number of rotatable bonds is 5. The summed E-state index contributed by atoms with van der Waals surface area (Å²) in [7, 11) is 0. The number of carbonyl (C=O) groups excluding carboxylic acids is 2. The highest BCUT2D eigenvalue weighted by molar-refractivity contribution is 6.05. The Morgan fingerprint density at radius 2 is 2.00 bits per heavy atom. The van der Waals surface area contributed by atoms with Gasteiger partial charge in [-0.15, -0.1) is 6.58 Å². The summed E-state index contributed by atoms with van der Waals surface area (Å²) in [4.78, 5) is 27.3. The molecule has 0 spiro atoms. The van der Waals surface area contributed by atoms with Gasteiger partial charge >= 0.3 is 0 Å².